The molecule has 142 valence electrons. The normalized spacial score (nSPS) is 15.6. The Bertz CT molecular complexity index is 1360. The minimum atomic E-state index is -3.40. The summed E-state index contributed by atoms with van der Waals surface area (Å²) in [4.78, 5) is 0.443. The summed E-state index contributed by atoms with van der Waals surface area (Å²) in [5, 5.41) is 5.55. The van der Waals surface area contributed by atoms with Gasteiger partial charge in [0.1, 0.15) is 0 Å². The monoisotopic (exact) mass is 593 g/mol. The van der Waals surface area contributed by atoms with Crippen LogP contribution in [0.15, 0.2) is 71.8 Å². The molecule has 0 fully saturated rings. The second-order valence-corrected chi connectivity index (χ2v) is 11.7. The van der Waals surface area contributed by atoms with Crippen LogP contribution in [0.3, 0.4) is 0 Å². The van der Waals surface area contributed by atoms with Crippen LogP contribution in [0.5, 0.6) is 0 Å². The van der Waals surface area contributed by atoms with E-state index in [2.05, 4.69) is 35.4 Å². The van der Waals surface area contributed by atoms with Crippen molar-refractivity contribution in [2.75, 3.05) is 0 Å². The summed E-state index contributed by atoms with van der Waals surface area (Å²) in [7, 11) is -1.48. The maximum absolute atomic E-state index is 12.8. The molecule has 4 aromatic rings. The van der Waals surface area contributed by atoms with Gasteiger partial charge in [-0.3, -0.25) is 0 Å². The predicted octanol–water partition coefficient (Wildman–Crippen LogP) is 2.74. The molecule has 0 aliphatic carbocycles. The Balaban J connectivity index is 1.44. The standard InChI is InChI=1S/C22H18N3O2S.Tl/c1-24-14-20-12-18(10-11-21(20)23-24)17-8-6-16(7-9-17)13-25-15-19-4-2-3-5-22(19)28(25,26)27;/h2-6,8-12,14H,13,15H2,1H3;. The van der Waals surface area contributed by atoms with Crippen molar-refractivity contribution in [1.82, 2.24) is 14.1 Å². The molecule has 1 aromatic heterocycles. The summed E-state index contributed by atoms with van der Waals surface area (Å²) in [6, 6.07) is 19.9. The van der Waals surface area contributed by atoms with E-state index in [0.29, 0.717) is 43.8 Å². The van der Waals surface area contributed by atoms with E-state index in [4.69, 9.17) is 0 Å². The van der Waals surface area contributed by atoms with Gasteiger partial charge in [-0.05, 0) is 0 Å². The average Bonchev–Trinajstić information content (AvgIpc) is 3.19. The molecule has 0 atom stereocenters. The molecule has 0 radical (unpaired) electrons. The molecule has 5 rings (SSSR count). The number of hydrogen-bond acceptors (Lipinski definition) is 3. The van der Waals surface area contributed by atoms with Gasteiger partial charge in [-0.25, -0.2) is 0 Å². The number of fused-ring (bicyclic) bond motifs is 2. The second kappa shape index (κ2) is 7.03. The van der Waals surface area contributed by atoms with Crippen LogP contribution in [0.2, 0.25) is 0 Å². The van der Waals surface area contributed by atoms with E-state index in [1.54, 1.807) is 16.4 Å². The second-order valence-electron chi connectivity index (χ2n) is 7.37. The summed E-state index contributed by atoms with van der Waals surface area (Å²) in [5.74, 6) is 0. The summed E-state index contributed by atoms with van der Waals surface area (Å²) in [6.45, 7) is 0.868. The van der Waals surface area contributed by atoms with Crippen LogP contribution in [0, 0.1) is 0 Å². The molecule has 0 bridgehead atoms. The summed E-state index contributed by atoms with van der Waals surface area (Å²) < 4.78 is 30.4. The third kappa shape index (κ3) is 3.32. The van der Waals surface area contributed by atoms with Gasteiger partial charge in [0.25, 0.3) is 0 Å². The van der Waals surface area contributed by atoms with Crippen LogP contribution < -0.4 is 3.12 Å². The van der Waals surface area contributed by atoms with Crippen molar-refractivity contribution in [3.8, 4) is 11.1 Å². The first-order valence-corrected chi connectivity index (χ1v) is 13.0. The van der Waals surface area contributed by atoms with Crippen LogP contribution >= 0.6 is 0 Å². The Morgan fingerprint density at radius 3 is 2.59 bits per heavy atom. The number of benzene rings is 3. The number of rotatable bonds is 3. The van der Waals surface area contributed by atoms with Gasteiger partial charge >= 0.3 is 186 Å². The summed E-state index contributed by atoms with van der Waals surface area (Å²) >= 11 is 0.616. The van der Waals surface area contributed by atoms with Crippen LogP contribution in [0.4, 0.5) is 0 Å². The van der Waals surface area contributed by atoms with Gasteiger partial charge < -0.3 is 0 Å². The Labute approximate surface area is 185 Å². The summed E-state index contributed by atoms with van der Waals surface area (Å²) in [6.07, 6.45) is 2.02. The van der Waals surface area contributed by atoms with E-state index in [-0.39, 0.29) is 0 Å². The van der Waals surface area contributed by atoms with Crippen molar-refractivity contribution >= 4 is 49.8 Å². The van der Waals surface area contributed by atoms with Gasteiger partial charge in [0.05, 0.1) is 0 Å². The number of nitrogens with zero attached hydrogens (tertiary/aromatic N) is 3. The van der Waals surface area contributed by atoms with E-state index in [1.807, 2.05) is 36.1 Å². The van der Waals surface area contributed by atoms with Gasteiger partial charge in [0.15, 0.2) is 0 Å². The van der Waals surface area contributed by atoms with E-state index in [1.165, 1.54) is 3.12 Å². The molecule has 5 nitrogen and oxygen atoms in total. The van der Waals surface area contributed by atoms with Gasteiger partial charge in [-0.15, -0.1) is 0 Å². The Hall–Kier alpha value is -2.04. The zero-order valence-electron chi connectivity index (χ0n) is 15.9. The van der Waals surface area contributed by atoms with Crippen molar-refractivity contribution in [3.63, 3.8) is 0 Å². The molecule has 7 heteroatoms. The zero-order valence-corrected chi connectivity index (χ0v) is 21.2. The fourth-order valence-corrected chi connectivity index (χ4v) is 6.92. The first-order chi connectivity index (χ1) is 13.9. The number of aromatic nitrogens is 2. The third-order valence-corrected chi connectivity index (χ3v) is 9.36. The minimum absolute atomic E-state index is 0.421. The SMILES string of the molecule is Cn1cc2cc(-c3ccc(CN4Cc5ccccc5S4(=O)=O)[c]([Tl])c3)ccc2n1. The fourth-order valence-electron chi connectivity index (χ4n) is 3.88. The molecule has 0 saturated heterocycles. The molecule has 0 unspecified atom stereocenters. The van der Waals surface area contributed by atoms with Gasteiger partial charge in [0.2, 0.25) is 0 Å². The van der Waals surface area contributed by atoms with Crippen molar-refractivity contribution in [1.29, 1.82) is 0 Å². The molecule has 0 amide bonds. The summed E-state index contributed by atoms with van der Waals surface area (Å²) in [5.41, 5.74) is 5.27. The first kappa shape index (κ1) is 19.0. The molecule has 1 aliphatic heterocycles. The number of sulfonamides is 1. The van der Waals surface area contributed by atoms with E-state index in [9.17, 15) is 8.42 Å². The van der Waals surface area contributed by atoms with Crippen molar-refractivity contribution in [2.24, 2.45) is 7.05 Å². The van der Waals surface area contributed by atoms with E-state index < -0.39 is 10.0 Å². The van der Waals surface area contributed by atoms with E-state index >= 15 is 0 Å². The molecule has 0 saturated carbocycles. The third-order valence-electron chi connectivity index (χ3n) is 5.38. The fraction of sp³-hybridized carbons (Fsp3) is 0.136. The number of hydrogen-bond donors (Lipinski definition) is 0. The molecule has 1 aliphatic rings. The van der Waals surface area contributed by atoms with Crippen molar-refractivity contribution in [3.05, 3.63) is 78.0 Å². The Kier molecular flexibility index (Phi) is 4.60. The zero-order chi connectivity index (χ0) is 20.2. The molecular formula is C22H18N3O2STl. The quantitative estimate of drug-likeness (QED) is 0.344. The number of aryl methyl sites for hydroxylation is 1. The molecule has 0 N–H and O–H groups in total. The van der Waals surface area contributed by atoms with Crippen LogP contribution in [0.1, 0.15) is 11.1 Å². The van der Waals surface area contributed by atoms with Gasteiger partial charge in [0, 0.05) is 0 Å². The van der Waals surface area contributed by atoms with Crippen LogP contribution in [-0.4, -0.2) is 48.3 Å². The molecule has 0 spiro atoms. The molecule has 2 heterocycles. The molecule has 3 aromatic carbocycles. The van der Waals surface area contributed by atoms with Gasteiger partial charge in [-0.2, -0.15) is 0 Å². The van der Waals surface area contributed by atoms with Crippen LogP contribution in [0.25, 0.3) is 22.0 Å². The predicted molar refractivity (Wildman–Crippen MR) is 114 cm³/mol. The first-order valence-electron chi connectivity index (χ1n) is 9.32. The molecule has 29 heavy (non-hydrogen) atoms. The van der Waals surface area contributed by atoms with E-state index in [0.717, 1.165) is 33.2 Å². The average molecular weight is 593 g/mol. The Morgan fingerprint density at radius 2 is 1.79 bits per heavy atom. The van der Waals surface area contributed by atoms with Crippen LogP contribution in [-0.2, 0) is 30.2 Å². The van der Waals surface area contributed by atoms with Crippen molar-refractivity contribution in [2.45, 2.75) is 18.0 Å². The van der Waals surface area contributed by atoms with Crippen molar-refractivity contribution < 1.29 is 8.42 Å². The Morgan fingerprint density at radius 1 is 1.03 bits per heavy atom. The van der Waals surface area contributed by atoms with Gasteiger partial charge in [-0.1, -0.05) is 0 Å². The maximum atomic E-state index is 12.8. The molecular weight excluding hydrogens is 575 g/mol. The topological polar surface area (TPSA) is 55.2 Å².